The lowest BCUT2D eigenvalue weighted by atomic mass is 10.1. The number of hydrogen-bond donors (Lipinski definition) is 1. The molecular weight excluding hydrogens is 378 g/mol. The van der Waals surface area contributed by atoms with E-state index in [1.54, 1.807) is 11.3 Å². The summed E-state index contributed by atoms with van der Waals surface area (Å²) in [5.41, 5.74) is 3.42. The van der Waals surface area contributed by atoms with Gasteiger partial charge in [0.05, 0.1) is 5.69 Å². The molecule has 1 aliphatic rings. The predicted octanol–water partition coefficient (Wildman–Crippen LogP) is 5.33. The summed E-state index contributed by atoms with van der Waals surface area (Å²) >= 11 is 7.98. The minimum absolute atomic E-state index is 0.240. The molecule has 1 aromatic heterocycles. The number of alkyl halides is 1. The molecule has 1 N–H and O–H groups in total. The molecular formula is C21H20ClN3OS. The monoisotopic (exact) mass is 397 g/mol. The summed E-state index contributed by atoms with van der Waals surface area (Å²) in [6.45, 7) is 2.17. The van der Waals surface area contributed by atoms with Gasteiger partial charge < -0.3 is 10.2 Å². The van der Waals surface area contributed by atoms with E-state index in [0.29, 0.717) is 0 Å². The van der Waals surface area contributed by atoms with E-state index in [0.717, 1.165) is 40.7 Å². The van der Waals surface area contributed by atoms with E-state index in [9.17, 15) is 4.79 Å². The topological polar surface area (TPSA) is 45.2 Å². The zero-order chi connectivity index (χ0) is 18.6. The second-order valence-electron chi connectivity index (χ2n) is 6.55. The number of carbonyl (C=O) groups excluding carboxylic acids is 1. The highest BCUT2D eigenvalue weighted by atomic mass is 35.5. The Balaban J connectivity index is 1.48. The molecule has 1 aliphatic heterocycles. The molecule has 0 bridgehead atoms. The molecule has 1 amide bonds. The summed E-state index contributed by atoms with van der Waals surface area (Å²) < 4.78 is 0. The Morgan fingerprint density at radius 1 is 1.11 bits per heavy atom. The van der Waals surface area contributed by atoms with E-state index in [1.165, 1.54) is 12.8 Å². The average molecular weight is 398 g/mol. The second-order valence-corrected chi connectivity index (χ2v) is 7.83. The number of rotatable bonds is 5. The molecule has 27 heavy (non-hydrogen) atoms. The zero-order valence-corrected chi connectivity index (χ0v) is 16.3. The SMILES string of the molecule is O=C(Nc1cccc(-c2csc(N3CCCC3)n2)c1)[C@H](Cl)c1ccccc1. The molecule has 4 nitrogen and oxygen atoms in total. The molecule has 2 heterocycles. The van der Waals surface area contributed by atoms with Crippen molar-refractivity contribution in [3.05, 3.63) is 65.5 Å². The summed E-state index contributed by atoms with van der Waals surface area (Å²) in [4.78, 5) is 19.6. The van der Waals surface area contributed by atoms with E-state index in [1.807, 2.05) is 54.6 Å². The van der Waals surface area contributed by atoms with Crippen LogP contribution >= 0.6 is 22.9 Å². The van der Waals surface area contributed by atoms with Gasteiger partial charge in [-0.15, -0.1) is 22.9 Å². The zero-order valence-electron chi connectivity index (χ0n) is 14.8. The van der Waals surface area contributed by atoms with Gasteiger partial charge in [-0.25, -0.2) is 4.98 Å². The molecule has 0 unspecified atom stereocenters. The molecule has 0 aliphatic carbocycles. The molecule has 1 fully saturated rings. The van der Waals surface area contributed by atoms with Crippen LogP contribution in [0.3, 0.4) is 0 Å². The highest BCUT2D eigenvalue weighted by Crippen LogP contribution is 2.31. The Labute approximate surface area is 167 Å². The van der Waals surface area contributed by atoms with Crippen LogP contribution in [0, 0.1) is 0 Å². The quantitative estimate of drug-likeness (QED) is 0.592. The third-order valence-electron chi connectivity index (χ3n) is 4.62. The molecule has 1 saturated heterocycles. The van der Waals surface area contributed by atoms with Crippen LogP contribution < -0.4 is 10.2 Å². The van der Waals surface area contributed by atoms with E-state index in [-0.39, 0.29) is 5.91 Å². The largest absolute Gasteiger partial charge is 0.348 e. The first kappa shape index (κ1) is 18.0. The highest BCUT2D eigenvalue weighted by Gasteiger charge is 2.18. The summed E-state index contributed by atoms with van der Waals surface area (Å²) in [6, 6.07) is 17.1. The normalized spacial score (nSPS) is 14.9. The van der Waals surface area contributed by atoms with Crippen molar-refractivity contribution in [2.75, 3.05) is 23.3 Å². The number of amides is 1. The van der Waals surface area contributed by atoms with Crippen LogP contribution in [0.15, 0.2) is 60.0 Å². The van der Waals surface area contributed by atoms with Gasteiger partial charge in [0.15, 0.2) is 5.13 Å². The third kappa shape index (κ3) is 4.15. The van der Waals surface area contributed by atoms with Crippen LogP contribution in [0.1, 0.15) is 23.8 Å². The Morgan fingerprint density at radius 3 is 2.67 bits per heavy atom. The van der Waals surface area contributed by atoms with Crippen LogP contribution in [0.5, 0.6) is 0 Å². The minimum Gasteiger partial charge on any atom is -0.348 e. The van der Waals surface area contributed by atoms with Crippen LogP contribution in [-0.4, -0.2) is 24.0 Å². The molecule has 0 saturated carbocycles. The number of carbonyl (C=O) groups is 1. The summed E-state index contributed by atoms with van der Waals surface area (Å²) in [5.74, 6) is -0.240. The van der Waals surface area contributed by atoms with Crippen molar-refractivity contribution in [2.24, 2.45) is 0 Å². The van der Waals surface area contributed by atoms with Crippen molar-refractivity contribution in [3.8, 4) is 11.3 Å². The lowest BCUT2D eigenvalue weighted by molar-refractivity contribution is -0.116. The number of hydrogen-bond acceptors (Lipinski definition) is 4. The lowest BCUT2D eigenvalue weighted by Crippen LogP contribution is -2.17. The standard InChI is InChI=1S/C21H20ClN3OS/c22-19(15-7-2-1-3-8-15)20(26)23-17-10-6-9-16(13-17)18-14-27-21(24-18)25-11-4-5-12-25/h1-3,6-10,13-14,19H,4-5,11-12H2,(H,23,26)/t19-/m1/s1. The van der Waals surface area contributed by atoms with E-state index in [2.05, 4.69) is 15.6 Å². The maximum absolute atomic E-state index is 12.5. The van der Waals surface area contributed by atoms with Crippen molar-refractivity contribution < 1.29 is 4.79 Å². The fraction of sp³-hybridized carbons (Fsp3) is 0.238. The number of nitrogens with zero attached hydrogens (tertiary/aromatic N) is 2. The van der Waals surface area contributed by atoms with Crippen molar-refractivity contribution >= 4 is 39.7 Å². The van der Waals surface area contributed by atoms with Crippen LogP contribution in [0.2, 0.25) is 0 Å². The van der Waals surface area contributed by atoms with Gasteiger partial charge in [-0.3, -0.25) is 4.79 Å². The summed E-state index contributed by atoms with van der Waals surface area (Å²) in [7, 11) is 0. The first-order chi connectivity index (χ1) is 13.2. The third-order valence-corrected chi connectivity index (χ3v) is 5.97. The van der Waals surface area contributed by atoms with Gasteiger partial charge in [0.1, 0.15) is 5.38 Å². The van der Waals surface area contributed by atoms with Gasteiger partial charge in [-0.2, -0.15) is 0 Å². The maximum atomic E-state index is 12.5. The fourth-order valence-corrected chi connectivity index (χ4v) is 4.27. The molecule has 3 aromatic rings. The number of halogens is 1. The van der Waals surface area contributed by atoms with E-state index in [4.69, 9.17) is 16.6 Å². The number of thiazole rings is 1. The Morgan fingerprint density at radius 2 is 1.89 bits per heavy atom. The maximum Gasteiger partial charge on any atom is 0.246 e. The molecule has 0 radical (unpaired) electrons. The number of anilines is 2. The number of aromatic nitrogens is 1. The Hall–Kier alpha value is -2.37. The van der Waals surface area contributed by atoms with Gasteiger partial charge in [-0.05, 0) is 30.5 Å². The lowest BCUT2D eigenvalue weighted by Gasteiger charge is -2.12. The van der Waals surface area contributed by atoms with Gasteiger partial charge in [-0.1, -0.05) is 42.5 Å². The van der Waals surface area contributed by atoms with Gasteiger partial charge in [0.2, 0.25) is 5.91 Å². The van der Waals surface area contributed by atoms with Crippen molar-refractivity contribution in [1.82, 2.24) is 4.98 Å². The summed E-state index contributed by atoms with van der Waals surface area (Å²) in [6.07, 6.45) is 2.47. The fourth-order valence-electron chi connectivity index (χ4n) is 3.19. The first-order valence-electron chi connectivity index (χ1n) is 9.01. The second kappa shape index (κ2) is 8.11. The molecule has 0 spiro atoms. The number of benzene rings is 2. The minimum atomic E-state index is -0.726. The molecule has 6 heteroatoms. The Bertz CT molecular complexity index is 922. The van der Waals surface area contributed by atoms with Crippen molar-refractivity contribution in [3.63, 3.8) is 0 Å². The van der Waals surface area contributed by atoms with Crippen LogP contribution in [-0.2, 0) is 4.79 Å². The molecule has 138 valence electrons. The first-order valence-corrected chi connectivity index (χ1v) is 10.3. The average Bonchev–Trinajstić information content (AvgIpc) is 3.40. The van der Waals surface area contributed by atoms with Crippen molar-refractivity contribution in [1.29, 1.82) is 0 Å². The highest BCUT2D eigenvalue weighted by molar-refractivity contribution is 7.14. The van der Waals surface area contributed by atoms with Gasteiger partial charge >= 0.3 is 0 Å². The van der Waals surface area contributed by atoms with Crippen molar-refractivity contribution in [2.45, 2.75) is 18.2 Å². The molecule has 1 atom stereocenters. The number of nitrogens with one attached hydrogen (secondary N) is 1. The van der Waals surface area contributed by atoms with Gasteiger partial charge in [0, 0.05) is 29.7 Å². The smallest absolute Gasteiger partial charge is 0.246 e. The predicted molar refractivity (Wildman–Crippen MR) is 113 cm³/mol. The molecule has 2 aromatic carbocycles. The molecule has 4 rings (SSSR count). The van der Waals surface area contributed by atoms with Gasteiger partial charge in [0.25, 0.3) is 0 Å². The van der Waals surface area contributed by atoms with E-state index < -0.39 is 5.38 Å². The summed E-state index contributed by atoms with van der Waals surface area (Å²) in [5, 5.41) is 5.32. The Kier molecular flexibility index (Phi) is 5.41. The van der Waals surface area contributed by atoms with Crippen LogP contribution in [0.4, 0.5) is 10.8 Å². The van der Waals surface area contributed by atoms with E-state index >= 15 is 0 Å². The van der Waals surface area contributed by atoms with Crippen LogP contribution in [0.25, 0.3) is 11.3 Å².